The van der Waals surface area contributed by atoms with Crippen LogP contribution in [-0.2, 0) is 4.79 Å². The van der Waals surface area contributed by atoms with Gasteiger partial charge >= 0.3 is 0 Å². The number of aromatic nitrogens is 3. The molecule has 1 atom stereocenters. The molecule has 152 valence electrons. The zero-order chi connectivity index (χ0) is 21.0. The minimum absolute atomic E-state index is 0.0727. The number of fused-ring (bicyclic) bond motifs is 1. The predicted octanol–water partition coefficient (Wildman–Crippen LogP) is 5.40. The molecule has 2 aromatic carbocycles. The molecule has 2 heterocycles. The molecule has 0 fully saturated rings. The highest BCUT2D eigenvalue weighted by Crippen LogP contribution is 2.45. The summed E-state index contributed by atoms with van der Waals surface area (Å²) in [6, 6.07) is 13.1. The molecule has 1 N–H and O–H groups in total. The van der Waals surface area contributed by atoms with Gasteiger partial charge in [0.15, 0.2) is 11.6 Å². The summed E-state index contributed by atoms with van der Waals surface area (Å²) < 4.78 is 15.3. The van der Waals surface area contributed by atoms with Gasteiger partial charge in [-0.1, -0.05) is 49.7 Å². The maximum Gasteiger partial charge on any atom is 0.226 e. The van der Waals surface area contributed by atoms with Gasteiger partial charge in [-0.15, -0.1) is 5.10 Å². The summed E-state index contributed by atoms with van der Waals surface area (Å²) in [5, 5.41) is 8.59. The number of rotatable bonds is 2. The molecule has 0 saturated heterocycles. The van der Waals surface area contributed by atoms with E-state index in [2.05, 4.69) is 24.1 Å². The van der Waals surface area contributed by atoms with Crippen molar-refractivity contribution in [1.29, 1.82) is 0 Å². The first-order valence-electron chi connectivity index (χ1n) is 9.82. The van der Waals surface area contributed by atoms with Crippen molar-refractivity contribution in [3.8, 4) is 11.4 Å². The summed E-state index contributed by atoms with van der Waals surface area (Å²) in [6.45, 7) is 4.16. The molecule has 3 aromatic rings. The lowest BCUT2D eigenvalue weighted by atomic mass is 9.73. The second kappa shape index (κ2) is 6.77. The number of Topliss-reactive ketones (excluding diaryl/α,β-unsaturated/α-hetero) is 1. The third-order valence-corrected chi connectivity index (χ3v) is 5.96. The van der Waals surface area contributed by atoms with Crippen molar-refractivity contribution in [2.75, 3.05) is 5.32 Å². The van der Waals surface area contributed by atoms with Crippen LogP contribution < -0.4 is 5.32 Å². The maximum atomic E-state index is 13.6. The second-order valence-electron chi connectivity index (χ2n) is 8.60. The fraction of sp³-hybridized carbons (Fsp3) is 0.261. The van der Waals surface area contributed by atoms with Crippen LogP contribution >= 0.6 is 11.6 Å². The average Bonchev–Trinajstić information content (AvgIpc) is 3.10. The Balaban J connectivity index is 1.69. The molecule has 1 aliphatic heterocycles. The highest BCUT2D eigenvalue weighted by molar-refractivity contribution is 6.33. The Hall–Kier alpha value is -2.99. The first kappa shape index (κ1) is 19.0. The Morgan fingerprint density at radius 2 is 1.87 bits per heavy atom. The van der Waals surface area contributed by atoms with Gasteiger partial charge in [-0.2, -0.15) is 4.98 Å². The van der Waals surface area contributed by atoms with Gasteiger partial charge in [-0.25, -0.2) is 9.07 Å². The van der Waals surface area contributed by atoms with Gasteiger partial charge in [-0.3, -0.25) is 4.79 Å². The lowest BCUT2D eigenvalue weighted by Gasteiger charge is -2.38. The molecule has 1 aromatic heterocycles. The number of hydrogen-bond donors (Lipinski definition) is 1. The molecule has 0 saturated carbocycles. The Bertz CT molecular complexity index is 1200. The number of hydrogen-bond acceptors (Lipinski definition) is 4. The van der Waals surface area contributed by atoms with Gasteiger partial charge in [0.1, 0.15) is 11.9 Å². The minimum Gasteiger partial charge on any atom is -0.328 e. The number of halogens is 2. The third-order valence-electron chi connectivity index (χ3n) is 5.63. The number of nitrogens with one attached hydrogen (secondary N) is 1. The van der Waals surface area contributed by atoms with Crippen molar-refractivity contribution in [2.24, 2.45) is 5.41 Å². The molecule has 1 unspecified atom stereocenters. The van der Waals surface area contributed by atoms with Gasteiger partial charge in [0.2, 0.25) is 5.95 Å². The third kappa shape index (κ3) is 3.12. The second-order valence-corrected chi connectivity index (χ2v) is 9.00. The number of benzene rings is 2. The van der Waals surface area contributed by atoms with E-state index in [4.69, 9.17) is 16.7 Å². The molecule has 5 nitrogen and oxygen atoms in total. The van der Waals surface area contributed by atoms with Crippen LogP contribution in [-0.4, -0.2) is 20.5 Å². The monoisotopic (exact) mass is 422 g/mol. The molecule has 5 rings (SSSR count). The Labute approximate surface area is 178 Å². The van der Waals surface area contributed by atoms with Crippen LogP contribution in [0.2, 0.25) is 5.02 Å². The van der Waals surface area contributed by atoms with E-state index in [1.54, 1.807) is 22.9 Å². The van der Waals surface area contributed by atoms with E-state index in [1.165, 1.54) is 12.1 Å². The van der Waals surface area contributed by atoms with Gasteiger partial charge in [-0.05, 0) is 41.7 Å². The van der Waals surface area contributed by atoms with Gasteiger partial charge in [0.25, 0.3) is 0 Å². The SMILES string of the molecule is CC1(C)CC(=O)C2=C(C1)Nc1nc(-c3ccccc3Cl)nn1C2c1ccc(F)cc1. The minimum atomic E-state index is -0.468. The molecular weight excluding hydrogens is 403 g/mol. The molecule has 30 heavy (non-hydrogen) atoms. The van der Waals surface area contributed by atoms with Crippen molar-refractivity contribution in [2.45, 2.75) is 32.7 Å². The summed E-state index contributed by atoms with van der Waals surface area (Å²) in [4.78, 5) is 17.9. The summed E-state index contributed by atoms with van der Waals surface area (Å²) >= 11 is 6.36. The quantitative estimate of drug-likeness (QED) is 0.601. The lowest BCUT2D eigenvalue weighted by molar-refractivity contribution is -0.118. The molecule has 0 amide bonds. The van der Waals surface area contributed by atoms with E-state index in [9.17, 15) is 9.18 Å². The van der Waals surface area contributed by atoms with Crippen molar-refractivity contribution >= 4 is 23.3 Å². The normalized spacial score (nSPS) is 19.9. The summed E-state index contributed by atoms with van der Waals surface area (Å²) in [7, 11) is 0. The first-order chi connectivity index (χ1) is 14.3. The van der Waals surface area contributed by atoms with Crippen LogP contribution in [0.3, 0.4) is 0 Å². The van der Waals surface area contributed by atoms with Crippen molar-refractivity contribution < 1.29 is 9.18 Å². The molecule has 0 bridgehead atoms. The lowest BCUT2D eigenvalue weighted by Crippen LogP contribution is -2.36. The average molecular weight is 423 g/mol. The fourth-order valence-electron chi connectivity index (χ4n) is 4.32. The number of carbonyl (C=O) groups excluding carboxylic acids is 1. The van der Waals surface area contributed by atoms with E-state index >= 15 is 0 Å². The number of allylic oxidation sites excluding steroid dienone is 2. The van der Waals surface area contributed by atoms with Crippen LogP contribution in [0.4, 0.5) is 10.3 Å². The molecule has 0 radical (unpaired) electrons. The van der Waals surface area contributed by atoms with Gasteiger partial charge < -0.3 is 5.32 Å². The van der Waals surface area contributed by atoms with Crippen LogP contribution in [0, 0.1) is 11.2 Å². The fourth-order valence-corrected chi connectivity index (χ4v) is 4.54. The number of anilines is 1. The van der Waals surface area contributed by atoms with E-state index < -0.39 is 6.04 Å². The number of nitrogens with zero attached hydrogens (tertiary/aromatic N) is 3. The van der Waals surface area contributed by atoms with Gasteiger partial charge in [0.05, 0.1) is 5.02 Å². The molecule has 7 heteroatoms. The predicted molar refractivity (Wildman–Crippen MR) is 114 cm³/mol. The molecule has 0 spiro atoms. The van der Waals surface area contributed by atoms with E-state index in [-0.39, 0.29) is 17.0 Å². The Morgan fingerprint density at radius 1 is 1.13 bits per heavy atom. The zero-order valence-electron chi connectivity index (χ0n) is 16.6. The number of carbonyl (C=O) groups is 1. The van der Waals surface area contributed by atoms with Crippen LogP contribution in [0.25, 0.3) is 11.4 Å². The highest BCUT2D eigenvalue weighted by Gasteiger charge is 2.41. The summed E-state index contributed by atoms with van der Waals surface area (Å²) in [5.74, 6) is 0.766. The topological polar surface area (TPSA) is 59.8 Å². The van der Waals surface area contributed by atoms with E-state index in [0.717, 1.165) is 17.7 Å². The molecular formula is C23H20ClFN4O. The highest BCUT2D eigenvalue weighted by atomic mass is 35.5. The largest absolute Gasteiger partial charge is 0.328 e. The van der Waals surface area contributed by atoms with E-state index in [0.29, 0.717) is 34.4 Å². The van der Waals surface area contributed by atoms with Crippen molar-refractivity contribution in [3.63, 3.8) is 0 Å². The summed E-state index contributed by atoms with van der Waals surface area (Å²) in [5.41, 5.74) is 2.88. The standard InChI is InChI=1S/C23H20ClFN4O/c1-23(2)11-17-19(18(30)12-23)20(13-7-9-14(25)10-8-13)29-22(26-17)27-21(28-29)15-5-3-4-6-16(15)24/h3-10,20H,11-12H2,1-2H3,(H,26,27,28). The Kier molecular flexibility index (Phi) is 4.29. The smallest absolute Gasteiger partial charge is 0.226 e. The van der Waals surface area contributed by atoms with Crippen molar-refractivity contribution in [3.05, 3.63) is 76.2 Å². The summed E-state index contributed by atoms with van der Waals surface area (Å²) in [6.07, 6.45) is 1.17. The molecule has 2 aliphatic rings. The molecule has 1 aliphatic carbocycles. The maximum absolute atomic E-state index is 13.6. The van der Waals surface area contributed by atoms with Crippen molar-refractivity contribution in [1.82, 2.24) is 14.8 Å². The zero-order valence-corrected chi connectivity index (χ0v) is 17.4. The van der Waals surface area contributed by atoms with Crippen LogP contribution in [0.15, 0.2) is 59.8 Å². The van der Waals surface area contributed by atoms with E-state index in [1.807, 2.05) is 18.2 Å². The first-order valence-corrected chi connectivity index (χ1v) is 10.2. The Morgan fingerprint density at radius 3 is 2.60 bits per heavy atom. The van der Waals surface area contributed by atoms with Crippen LogP contribution in [0.5, 0.6) is 0 Å². The van der Waals surface area contributed by atoms with Crippen LogP contribution in [0.1, 0.15) is 38.3 Å². The van der Waals surface area contributed by atoms with Gasteiger partial charge in [0, 0.05) is 23.3 Å². The number of ketones is 1.